The van der Waals surface area contributed by atoms with Crippen LogP contribution in [0.5, 0.6) is 0 Å². The molecule has 2 aromatic heterocycles. The van der Waals surface area contributed by atoms with Gasteiger partial charge in [-0.15, -0.1) is 0 Å². The van der Waals surface area contributed by atoms with Crippen molar-refractivity contribution in [3.8, 4) is 0 Å². The standard InChI is InChI=1S/C16H18BrN5S/c1-2-9-22-14-12(19-15(22)17)13(18)20-16(21-14)23-10-8-11-6-4-3-5-7-11/h3-7H,2,8-10H2,1H3,(H2,18,20,21). The van der Waals surface area contributed by atoms with E-state index in [1.165, 1.54) is 5.56 Å². The van der Waals surface area contributed by atoms with Crippen LogP contribution in [0.1, 0.15) is 18.9 Å². The van der Waals surface area contributed by atoms with Crippen LogP contribution in [0.4, 0.5) is 5.82 Å². The van der Waals surface area contributed by atoms with Crippen LogP contribution in [0.25, 0.3) is 11.2 Å². The number of imidazole rings is 1. The zero-order valence-electron chi connectivity index (χ0n) is 12.9. The van der Waals surface area contributed by atoms with Gasteiger partial charge < -0.3 is 10.3 Å². The van der Waals surface area contributed by atoms with E-state index in [4.69, 9.17) is 5.73 Å². The number of nitrogens with two attached hydrogens (primary N) is 1. The third-order valence-electron chi connectivity index (χ3n) is 3.47. The fourth-order valence-electron chi connectivity index (χ4n) is 2.37. The molecule has 0 spiro atoms. The molecule has 3 rings (SSSR count). The number of fused-ring (bicyclic) bond motifs is 1. The Morgan fingerprint density at radius 1 is 1.17 bits per heavy atom. The fraction of sp³-hybridized carbons (Fsp3) is 0.312. The number of benzene rings is 1. The molecule has 120 valence electrons. The van der Waals surface area contributed by atoms with Gasteiger partial charge in [-0.2, -0.15) is 0 Å². The van der Waals surface area contributed by atoms with E-state index in [9.17, 15) is 0 Å². The number of aryl methyl sites for hydroxylation is 2. The van der Waals surface area contributed by atoms with E-state index in [0.717, 1.165) is 35.5 Å². The third kappa shape index (κ3) is 3.67. The van der Waals surface area contributed by atoms with E-state index >= 15 is 0 Å². The van der Waals surface area contributed by atoms with Gasteiger partial charge in [0.15, 0.2) is 26.9 Å². The second-order valence-electron chi connectivity index (χ2n) is 5.18. The molecule has 0 aliphatic rings. The third-order valence-corrected chi connectivity index (χ3v) is 4.92. The number of rotatable bonds is 6. The smallest absolute Gasteiger partial charge is 0.191 e. The van der Waals surface area contributed by atoms with Crippen molar-refractivity contribution in [1.29, 1.82) is 0 Å². The van der Waals surface area contributed by atoms with Crippen LogP contribution >= 0.6 is 27.7 Å². The SMILES string of the molecule is CCCn1c(Br)nc2c(N)nc(SCCc3ccccc3)nc21. The first-order valence-electron chi connectivity index (χ1n) is 7.55. The number of hydrogen-bond donors (Lipinski definition) is 1. The Kier molecular flexibility index (Phi) is 5.17. The van der Waals surface area contributed by atoms with Crippen LogP contribution in [0.15, 0.2) is 40.2 Å². The van der Waals surface area contributed by atoms with Crippen LogP contribution in [-0.2, 0) is 13.0 Å². The van der Waals surface area contributed by atoms with Gasteiger partial charge in [0.25, 0.3) is 0 Å². The highest BCUT2D eigenvalue weighted by Crippen LogP contribution is 2.26. The van der Waals surface area contributed by atoms with Crippen LogP contribution < -0.4 is 5.73 Å². The van der Waals surface area contributed by atoms with Gasteiger partial charge in [0.05, 0.1) is 0 Å². The highest BCUT2D eigenvalue weighted by molar-refractivity contribution is 9.10. The molecule has 0 aliphatic heterocycles. The van der Waals surface area contributed by atoms with Crippen LogP contribution in [0.2, 0.25) is 0 Å². The summed E-state index contributed by atoms with van der Waals surface area (Å²) in [6.45, 7) is 2.97. The minimum atomic E-state index is 0.438. The van der Waals surface area contributed by atoms with Crippen LogP contribution in [0.3, 0.4) is 0 Å². The van der Waals surface area contributed by atoms with Gasteiger partial charge in [0, 0.05) is 12.3 Å². The first-order chi connectivity index (χ1) is 11.2. The summed E-state index contributed by atoms with van der Waals surface area (Å²) in [6.07, 6.45) is 1.98. The Balaban J connectivity index is 1.79. The second-order valence-corrected chi connectivity index (χ2v) is 6.95. The minimum absolute atomic E-state index is 0.438. The molecule has 2 heterocycles. The van der Waals surface area contributed by atoms with Crippen molar-refractivity contribution in [1.82, 2.24) is 19.5 Å². The lowest BCUT2D eigenvalue weighted by atomic mass is 10.2. The summed E-state index contributed by atoms with van der Waals surface area (Å²) in [6, 6.07) is 10.4. The fourth-order valence-corrected chi connectivity index (χ4v) is 3.72. The highest BCUT2D eigenvalue weighted by Gasteiger charge is 2.15. The molecule has 23 heavy (non-hydrogen) atoms. The molecule has 0 fully saturated rings. The second kappa shape index (κ2) is 7.31. The van der Waals surface area contributed by atoms with E-state index in [1.54, 1.807) is 11.8 Å². The van der Waals surface area contributed by atoms with Gasteiger partial charge in [-0.3, -0.25) is 0 Å². The van der Waals surface area contributed by atoms with Crippen LogP contribution in [0, 0.1) is 0 Å². The van der Waals surface area contributed by atoms with Gasteiger partial charge in [-0.1, -0.05) is 49.0 Å². The molecule has 0 amide bonds. The average molecular weight is 392 g/mol. The number of thioether (sulfide) groups is 1. The number of halogens is 1. The summed E-state index contributed by atoms with van der Waals surface area (Å²) in [5.41, 5.74) is 8.83. The van der Waals surface area contributed by atoms with Crippen molar-refractivity contribution in [2.24, 2.45) is 0 Å². The van der Waals surface area contributed by atoms with Gasteiger partial charge >= 0.3 is 0 Å². The summed E-state index contributed by atoms with van der Waals surface area (Å²) >= 11 is 5.10. The maximum Gasteiger partial charge on any atom is 0.191 e. The zero-order valence-corrected chi connectivity index (χ0v) is 15.3. The first kappa shape index (κ1) is 16.3. The minimum Gasteiger partial charge on any atom is -0.382 e. The maximum atomic E-state index is 6.06. The van der Waals surface area contributed by atoms with E-state index in [2.05, 4.69) is 62.1 Å². The van der Waals surface area contributed by atoms with E-state index < -0.39 is 0 Å². The molecule has 0 saturated carbocycles. The predicted octanol–water partition coefficient (Wildman–Crippen LogP) is 3.92. The Morgan fingerprint density at radius 2 is 1.96 bits per heavy atom. The van der Waals surface area contributed by atoms with Gasteiger partial charge in [0.2, 0.25) is 0 Å². The molecular formula is C16H18BrN5S. The molecule has 0 unspecified atom stereocenters. The number of aromatic nitrogens is 4. The largest absolute Gasteiger partial charge is 0.382 e. The number of nitrogen functional groups attached to an aromatic ring is 1. The summed E-state index contributed by atoms with van der Waals surface area (Å²) in [5, 5.41) is 0.704. The van der Waals surface area contributed by atoms with Crippen LogP contribution in [-0.4, -0.2) is 25.3 Å². The van der Waals surface area contributed by atoms with Crippen molar-refractivity contribution in [2.45, 2.75) is 31.5 Å². The molecule has 0 atom stereocenters. The normalized spacial score (nSPS) is 11.2. The molecular weight excluding hydrogens is 374 g/mol. The lowest BCUT2D eigenvalue weighted by Gasteiger charge is -2.05. The van der Waals surface area contributed by atoms with Crippen molar-refractivity contribution in [2.75, 3.05) is 11.5 Å². The van der Waals surface area contributed by atoms with Crippen molar-refractivity contribution in [3.05, 3.63) is 40.6 Å². The Morgan fingerprint density at radius 3 is 2.70 bits per heavy atom. The summed E-state index contributed by atoms with van der Waals surface area (Å²) in [4.78, 5) is 13.4. The molecule has 1 aromatic carbocycles. The molecule has 0 aliphatic carbocycles. The molecule has 5 nitrogen and oxygen atoms in total. The summed E-state index contributed by atoms with van der Waals surface area (Å²) < 4.78 is 2.79. The number of nitrogens with zero attached hydrogens (tertiary/aromatic N) is 4. The zero-order chi connectivity index (χ0) is 16.2. The highest BCUT2D eigenvalue weighted by atomic mass is 79.9. The first-order valence-corrected chi connectivity index (χ1v) is 9.33. The van der Waals surface area contributed by atoms with Crippen molar-refractivity contribution >= 4 is 44.7 Å². The molecule has 0 saturated heterocycles. The lowest BCUT2D eigenvalue weighted by Crippen LogP contribution is -2.02. The van der Waals surface area contributed by atoms with E-state index in [0.29, 0.717) is 16.5 Å². The monoisotopic (exact) mass is 391 g/mol. The average Bonchev–Trinajstić information content (AvgIpc) is 2.86. The van der Waals surface area contributed by atoms with Crippen molar-refractivity contribution in [3.63, 3.8) is 0 Å². The van der Waals surface area contributed by atoms with E-state index in [-0.39, 0.29) is 0 Å². The van der Waals surface area contributed by atoms with Crippen molar-refractivity contribution < 1.29 is 0 Å². The number of hydrogen-bond acceptors (Lipinski definition) is 5. The van der Waals surface area contributed by atoms with E-state index in [1.807, 2.05) is 10.6 Å². The van der Waals surface area contributed by atoms with Gasteiger partial charge in [0.1, 0.15) is 0 Å². The molecule has 0 radical (unpaired) electrons. The quantitative estimate of drug-likeness (QED) is 0.391. The molecule has 0 bridgehead atoms. The Hall–Kier alpha value is -1.60. The maximum absolute atomic E-state index is 6.06. The summed E-state index contributed by atoms with van der Waals surface area (Å²) in [5.74, 6) is 1.35. The molecule has 2 N–H and O–H groups in total. The predicted molar refractivity (Wildman–Crippen MR) is 98.6 cm³/mol. The lowest BCUT2D eigenvalue weighted by molar-refractivity contribution is 0.674. The number of anilines is 1. The molecule has 7 heteroatoms. The summed E-state index contributed by atoms with van der Waals surface area (Å²) in [7, 11) is 0. The van der Waals surface area contributed by atoms with Gasteiger partial charge in [-0.05, 0) is 34.3 Å². The molecule has 3 aromatic rings. The topological polar surface area (TPSA) is 69.6 Å². The Labute approximate surface area is 147 Å². The van der Waals surface area contributed by atoms with Gasteiger partial charge in [-0.25, -0.2) is 15.0 Å². The Bertz CT molecular complexity index is 803.